The number of sulfonamides is 1. The molecule has 0 aliphatic rings. The molecule has 1 amide bonds. The number of rotatable bonds is 8. The van der Waals surface area contributed by atoms with Crippen molar-refractivity contribution in [1.82, 2.24) is 0 Å². The number of para-hydroxylation sites is 1. The summed E-state index contributed by atoms with van der Waals surface area (Å²) in [6.07, 6.45) is 1.11. The van der Waals surface area contributed by atoms with Crippen LogP contribution in [0.2, 0.25) is 10.0 Å². The van der Waals surface area contributed by atoms with Crippen LogP contribution in [0.25, 0.3) is 0 Å². The van der Waals surface area contributed by atoms with Gasteiger partial charge in [-0.05, 0) is 47.7 Å². The van der Waals surface area contributed by atoms with E-state index in [1.165, 1.54) is 4.31 Å². The van der Waals surface area contributed by atoms with Crippen LogP contribution in [0.5, 0.6) is 0 Å². The highest BCUT2D eigenvalue weighted by Gasteiger charge is 2.21. The predicted octanol–water partition coefficient (Wildman–Crippen LogP) is 6.32. The lowest BCUT2D eigenvalue weighted by molar-refractivity contribution is 0.102. The first kappa shape index (κ1) is 24.5. The molecule has 1 N–H and O–H groups in total. The monoisotopic (exact) mass is 508 g/mol. The van der Waals surface area contributed by atoms with Crippen LogP contribution in [0.4, 0.5) is 11.4 Å². The van der Waals surface area contributed by atoms with Crippen molar-refractivity contribution in [2.75, 3.05) is 21.6 Å². The number of halogens is 2. The molecule has 0 atom stereocenters. The Morgan fingerprint density at radius 2 is 1.69 bits per heavy atom. The minimum absolute atomic E-state index is 0.0523. The van der Waals surface area contributed by atoms with Crippen molar-refractivity contribution in [3.05, 3.63) is 87.9 Å². The molecule has 9 heteroatoms. The third-order valence-electron chi connectivity index (χ3n) is 4.58. The predicted molar refractivity (Wildman–Crippen MR) is 135 cm³/mol. The van der Waals surface area contributed by atoms with Gasteiger partial charge in [-0.3, -0.25) is 9.10 Å². The van der Waals surface area contributed by atoms with E-state index in [4.69, 9.17) is 23.2 Å². The summed E-state index contributed by atoms with van der Waals surface area (Å²) in [5.41, 5.74) is 2.22. The minimum atomic E-state index is -3.62. The van der Waals surface area contributed by atoms with Crippen LogP contribution in [0.1, 0.15) is 22.8 Å². The standard InChI is InChI=1S/C23H22Cl2N2O3S2/c1-3-31-21-10-5-4-8-19(21)26-23(28)17-13-11-16(12-14-17)15-27(32(2,29)30)20-9-6-7-18(24)22(20)25/h4-14H,3,15H2,1-2H3,(H,26,28). The Hall–Kier alpha value is -2.19. The van der Waals surface area contributed by atoms with E-state index in [0.717, 1.165) is 22.6 Å². The van der Waals surface area contributed by atoms with Crippen molar-refractivity contribution < 1.29 is 13.2 Å². The summed E-state index contributed by atoms with van der Waals surface area (Å²) in [6, 6.07) is 19.3. The lowest BCUT2D eigenvalue weighted by Gasteiger charge is -2.24. The Labute approximate surface area is 202 Å². The Kier molecular flexibility index (Phi) is 8.11. The second-order valence-electron chi connectivity index (χ2n) is 6.92. The summed E-state index contributed by atoms with van der Waals surface area (Å²) in [5.74, 6) is 0.660. The van der Waals surface area contributed by atoms with Crippen LogP contribution < -0.4 is 9.62 Å². The molecule has 0 saturated heterocycles. The lowest BCUT2D eigenvalue weighted by Crippen LogP contribution is -2.29. The molecule has 0 aliphatic carbocycles. The molecule has 3 aromatic rings. The zero-order chi connectivity index (χ0) is 23.3. The van der Waals surface area contributed by atoms with Crippen molar-refractivity contribution in [2.24, 2.45) is 0 Å². The number of benzene rings is 3. The van der Waals surface area contributed by atoms with Crippen LogP contribution in [0.15, 0.2) is 71.6 Å². The third-order valence-corrected chi connectivity index (χ3v) is 7.47. The maximum atomic E-state index is 12.7. The average Bonchev–Trinajstić information content (AvgIpc) is 2.75. The Bertz CT molecular complexity index is 1220. The summed E-state index contributed by atoms with van der Waals surface area (Å²) in [6.45, 7) is 2.11. The van der Waals surface area contributed by atoms with Gasteiger partial charge >= 0.3 is 0 Å². The number of carbonyl (C=O) groups is 1. The zero-order valence-electron chi connectivity index (χ0n) is 17.5. The fourth-order valence-electron chi connectivity index (χ4n) is 3.04. The first-order valence-electron chi connectivity index (χ1n) is 9.74. The number of hydrogen-bond donors (Lipinski definition) is 1. The van der Waals surface area contributed by atoms with E-state index in [0.29, 0.717) is 16.8 Å². The Morgan fingerprint density at radius 3 is 2.34 bits per heavy atom. The van der Waals surface area contributed by atoms with Crippen molar-refractivity contribution in [1.29, 1.82) is 0 Å². The van der Waals surface area contributed by atoms with Gasteiger partial charge in [-0.1, -0.05) is 60.5 Å². The van der Waals surface area contributed by atoms with E-state index in [1.807, 2.05) is 24.3 Å². The lowest BCUT2D eigenvalue weighted by atomic mass is 10.1. The van der Waals surface area contributed by atoms with Gasteiger partial charge in [0.05, 0.1) is 34.2 Å². The highest BCUT2D eigenvalue weighted by atomic mass is 35.5. The normalized spacial score (nSPS) is 11.2. The Balaban J connectivity index is 1.80. The smallest absolute Gasteiger partial charge is 0.255 e. The summed E-state index contributed by atoms with van der Waals surface area (Å²) < 4.78 is 26.0. The molecule has 3 aromatic carbocycles. The molecule has 168 valence electrons. The van der Waals surface area contributed by atoms with Crippen LogP contribution in [0, 0.1) is 0 Å². The van der Waals surface area contributed by atoms with E-state index in [2.05, 4.69) is 12.2 Å². The molecule has 0 heterocycles. The van der Waals surface area contributed by atoms with Gasteiger partial charge in [-0.15, -0.1) is 11.8 Å². The number of thioether (sulfide) groups is 1. The largest absolute Gasteiger partial charge is 0.321 e. The van der Waals surface area contributed by atoms with Crippen molar-refractivity contribution in [3.63, 3.8) is 0 Å². The van der Waals surface area contributed by atoms with Crippen LogP contribution in [-0.4, -0.2) is 26.3 Å². The topological polar surface area (TPSA) is 66.5 Å². The molecule has 0 radical (unpaired) electrons. The van der Waals surface area contributed by atoms with Crippen molar-refractivity contribution in [2.45, 2.75) is 18.4 Å². The van der Waals surface area contributed by atoms with Gasteiger partial charge in [-0.2, -0.15) is 0 Å². The van der Waals surface area contributed by atoms with Gasteiger partial charge in [0.2, 0.25) is 10.0 Å². The minimum Gasteiger partial charge on any atom is -0.321 e. The number of anilines is 2. The fourth-order valence-corrected chi connectivity index (χ4v) is 5.14. The van der Waals surface area contributed by atoms with Crippen LogP contribution in [-0.2, 0) is 16.6 Å². The second-order valence-corrected chi connectivity index (χ2v) is 10.9. The van der Waals surface area contributed by atoms with Gasteiger partial charge in [0, 0.05) is 10.5 Å². The van der Waals surface area contributed by atoms with Gasteiger partial charge in [0.25, 0.3) is 5.91 Å². The molecule has 0 saturated carbocycles. The van der Waals surface area contributed by atoms with Gasteiger partial charge in [-0.25, -0.2) is 8.42 Å². The SMILES string of the molecule is CCSc1ccccc1NC(=O)c1ccc(CN(c2cccc(Cl)c2Cl)S(C)(=O)=O)cc1. The van der Waals surface area contributed by atoms with E-state index in [1.54, 1.807) is 54.2 Å². The molecule has 32 heavy (non-hydrogen) atoms. The zero-order valence-corrected chi connectivity index (χ0v) is 20.7. The molecular formula is C23H22Cl2N2O3S2. The molecule has 0 aliphatic heterocycles. The summed E-state index contributed by atoms with van der Waals surface area (Å²) in [4.78, 5) is 13.7. The first-order chi connectivity index (χ1) is 15.2. The van der Waals surface area contributed by atoms with Gasteiger partial charge in [0.15, 0.2) is 0 Å². The second kappa shape index (κ2) is 10.6. The number of hydrogen-bond acceptors (Lipinski definition) is 4. The van der Waals surface area contributed by atoms with E-state index >= 15 is 0 Å². The van der Waals surface area contributed by atoms with E-state index < -0.39 is 10.0 Å². The van der Waals surface area contributed by atoms with E-state index in [9.17, 15) is 13.2 Å². The molecule has 3 rings (SSSR count). The molecule has 0 spiro atoms. The summed E-state index contributed by atoms with van der Waals surface area (Å²) in [5, 5.41) is 3.37. The number of nitrogens with one attached hydrogen (secondary N) is 1. The maximum Gasteiger partial charge on any atom is 0.255 e. The Morgan fingerprint density at radius 1 is 1.00 bits per heavy atom. The number of amides is 1. The van der Waals surface area contributed by atoms with Crippen LogP contribution in [0.3, 0.4) is 0 Å². The maximum absolute atomic E-state index is 12.7. The van der Waals surface area contributed by atoms with Gasteiger partial charge in [0.1, 0.15) is 0 Å². The summed E-state index contributed by atoms with van der Waals surface area (Å²) in [7, 11) is -3.62. The highest BCUT2D eigenvalue weighted by molar-refractivity contribution is 7.99. The number of nitrogens with zero attached hydrogens (tertiary/aromatic N) is 1. The molecule has 0 aromatic heterocycles. The molecule has 5 nitrogen and oxygen atoms in total. The average molecular weight is 509 g/mol. The van der Waals surface area contributed by atoms with Crippen molar-refractivity contribution in [3.8, 4) is 0 Å². The van der Waals surface area contributed by atoms with Gasteiger partial charge < -0.3 is 5.32 Å². The highest BCUT2D eigenvalue weighted by Crippen LogP contribution is 2.34. The quantitative estimate of drug-likeness (QED) is 0.361. The fraction of sp³-hybridized carbons (Fsp3) is 0.174. The number of carbonyl (C=O) groups excluding carboxylic acids is 1. The summed E-state index contributed by atoms with van der Waals surface area (Å²) >= 11 is 14.0. The van der Waals surface area contributed by atoms with Crippen molar-refractivity contribution >= 4 is 62.3 Å². The van der Waals surface area contributed by atoms with E-state index in [-0.39, 0.29) is 22.5 Å². The first-order valence-corrected chi connectivity index (χ1v) is 13.3. The molecule has 0 unspecified atom stereocenters. The molecule has 0 fully saturated rings. The van der Waals surface area contributed by atoms with Crippen LogP contribution >= 0.6 is 35.0 Å². The molecule has 0 bridgehead atoms. The third kappa shape index (κ3) is 5.98. The molecular weight excluding hydrogens is 487 g/mol.